The van der Waals surface area contributed by atoms with Crippen molar-refractivity contribution in [2.24, 2.45) is 5.73 Å². The molecule has 0 radical (unpaired) electrons. The minimum atomic E-state index is -0.0375. The van der Waals surface area contributed by atoms with Gasteiger partial charge in [-0.25, -0.2) is 0 Å². The van der Waals surface area contributed by atoms with Crippen LogP contribution in [0.15, 0.2) is 22.7 Å². The van der Waals surface area contributed by atoms with E-state index in [4.69, 9.17) is 10.3 Å². The topological polar surface area (TPSA) is 52.0 Å². The Bertz CT molecular complexity index is 506. The summed E-state index contributed by atoms with van der Waals surface area (Å²) in [5.41, 5.74) is 8.72. The highest BCUT2D eigenvalue weighted by Gasteiger charge is 2.23. The largest absolute Gasteiger partial charge is 0.356 e. The SMILES string of the molecule is CC(N)c1cccc2c(C(C)(C)C)noc12. The molecule has 1 aromatic carbocycles. The monoisotopic (exact) mass is 218 g/mol. The van der Waals surface area contributed by atoms with Gasteiger partial charge in [-0.2, -0.15) is 0 Å². The van der Waals surface area contributed by atoms with Crippen molar-refractivity contribution in [2.75, 3.05) is 0 Å². The second-order valence-electron chi connectivity index (χ2n) is 5.29. The second-order valence-corrected chi connectivity index (χ2v) is 5.29. The van der Waals surface area contributed by atoms with E-state index in [-0.39, 0.29) is 11.5 Å². The van der Waals surface area contributed by atoms with E-state index >= 15 is 0 Å². The van der Waals surface area contributed by atoms with E-state index < -0.39 is 0 Å². The Morgan fingerprint density at radius 3 is 2.56 bits per heavy atom. The molecule has 1 aromatic heterocycles. The van der Waals surface area contributed by atoms with E-state index in [0.717, 1.165) is 22.2 Å². The first-order chi connectivity index (χ1) is 7.41. The highest BCUT2D eigenvalue weighted by molar-refractivity contribution is 5.83. The Morgan fingerprint density at radius 1 is 1.31 bits per heavy atom. The fraction of sp³-hybridized carbons (Fsp3) is 0.462. The van der Waals surface area contributed by atoms with Gasteiger partial charge in [0.2, 0.25) is 0 Å². The molecule has 0 aliphatic rings. The van der Waals surface area contributed by atoms with Gasteiger partial charge in [-0.3, -0.25) is 0 Å². The molecule has 0 saturated carbocycles. The molecule has 0 bridgehead atoms. The highest BCUT2D eigenvalue weighted by atomic mass is 16.5. The van der Waals surface area contributed by atoms with Crippen molar-refractivity contribution in [1.29, 1.82) is 0 Å². The zero-order chi connectivity index (χ0) is 11.9. The molecule has 0 fully saturated rings. The molecule has 2 N–H and O–H groups in total. The van der Waals surface area contributed by atoms with Crippen LogP contribution in [0, 0.1) is 0 Å². The smallest absolute Gasteiger partial charge is 0.171 e. The summed E-state index contributed by atoms with van der Waals surface area (Å²) in [5, 5.41) is 5.25. The molecule has 2 aromatic rings. The lowest BCUT2D eigenvalue weighted by molar-refractivity contribution is 0.417. The van der Waals surface area contributed by atoms with Crippen LogP contribution in [0.4, 0.5) is 0 Å². The number of aromatic nitrogens is 1. The fourth-order valence-corrected chi connectivity index (χ4v) is 1.88. The summed E-state index contributed by atoms with van der Waals surface area (Å²) in [6.07, 6.45) is 0. The summed E-state index contributed by atoms with van der Waals surface area (Å²) < 4.78 is 5.44. The Balaban J connectivity index is 2.71. The van der Waals surface area contributed by atoms with Crippen molar-refractivity contribution in [3.8, 4) is 0 Å². The van der Waals surface area contributed by atoms with Crippen molar-refractivity contribution >= 4 is 11.0 Å². The third kappa shape index (κ3) is 1.71. The van der Waals surface area contributed by atoms with Crippen LogP contribution in [0.2, 0.25) is 0 Å². The molecule has 0 amide bonds. The number of para-hydroxylation sites is 1. The van der Waals surface area contributed by atoms with Crippen LogP contribution in [-0.2, 0) is 5.41 Å². The van der Waals surface area contributed by atoms with Crippen LogP contribution in [0.3, 0.4) is 0 Å². The van der Waals surface area contributed by atoms with Crippen molar-refractivity contribution in [3.05, 3.63) is 29.5 Å². The van der Waals surface area contributed by atoms with Crippen LogP contribution in [0.25, 0.3) is 11.0 Å². The molecule has 0 aliphatic carbocycles. The Kier molecular flexibility index (Phi) is 2.50. The average molecular weight is 218 g/mol. The molecule has 1 heterocycles. The molecule has 86 valence electrons. The van der Waals surface area contributed by atoms with Gasteiger partial charge in [0.25, 0.3) is 0 Å². The van der Waals surface area contributed by atoms with E-state index in [1.165, 1.54) is 0 Å². The maximum Gasteiger partial charge on any atom is 0.171 e. The lowest BCUT2D eigenvalue weighted by atomic mass is 9.89. The van der Waals surface area contributed by atoms with Gasteiger partial charge < -0.3 is 10.3 Å². The average Bonchev–Trinajstić information content (AvgIpc) is 2.59. The summed E-state index contributed by atoms with van der Waals surface area (Å²) in [6.45, 7) is 8.34. The van der Waals surface area contributed by atoms with Gasteiger partial charge in [0.1, 0.15) is 0 Å². The summed E-state index contributed by atoms with van der Waals surface area (Å²) in [5.74, 6) is 0. The predicted octanol–water partition coefficient (Wildman–Crippen LogP) is 3.15. The minimum absolute atomic E-state index is 0.0122. The van der Waals surface area contributed by atoms with Crippen LogP contribution in [0.5, 0.6) is 0 Å². The van der Waals surface area contributed by atoms with Crippen molar-refractivity contribution in [3.63, 3.8) is 0 Å². The van der Waals surface area contributed by atoms with Gasteiger partial charge in [-0.15, -0.1) is 0 Å². The van der Waals surface area contributed by atoms with Crippen LogP contribution < -0.4 is 5.73 Å². The number of nitrogens with zero attached hydrogens (tertiary/aromatic N) is 1. The van der Waals surface area contributed by atoms with Crippen LogP contribution >= 0.6 is 0 Å². The number of hydrogen-bond acceptors (Lipinski definition) is 3. The molecule has 2 rings (SSSR count). The van der Waals surface area contributed by atoms with Gasteiger partial charge in [-0.05, 0) is 13.0 Å². The molecular formula is C13H18N2O. The Labute approximate surface area is 95.6 Å². The molecule has 16 heavy (non-hydrogen) atoms. The molecule has 0 saturated heterocycles. The van der Waals surface area contributed by atoms with Gasteiger partial charge in [0.15, 0.2) is 5.58 Å². The lowest BCUT2D eigenvalue weighted by Gasteiger charge is -2.14. The molecule has 3 nitrogen and oxygen atoms in total. The quantitative estimate of drug-likeness (QED) is 0.800. The Hall–Kier alpha value is -1.35. The normalized spacial score (nSPS) is 14.3. The number of hydrogen-bond donors (Lipinski definition) is 1. The van der Waals surface area contributed by atoms with Gasteiger partial charge in [0, 0.05) is 22.4 Å². The second kappa shape index (κ2) is 3.59. The Morgan fingerprint density at radius 2 is 2.00 bits per heavy atom. The number of rotatable bonds is 1. The third-order valence-electron chi connectivity index (χ3n) is 2.73. The number of nitrogens with two attached hydrogens (primary N) is 1. The van der Waals surface area contributed by atoms with Gasteiger partial charge >= 0.3 is 0 Å². The van der Waals surface area contributed by atoms with Crippen LogP contribution in [-0.4, -0.2) is 5.16 Å². The standard InChI is InChI=1S/C13H18N2O/c1-8(14)9-6-5-7-10-11(9)16-15-12(10)13(2,3)4/h5-8H,14H2,1-4H3. The first-order valence-corrected chi connectivity index (χ1v) is 5.55. The highest BCUT2D eigenvalue weighted by Crippen LogP contribution is 2.32. The van der Waals surface area contributed by atoms with Gasteiger partial charge in [0.05, 0.1) is 5.69 Å². The number of benzene rings is 1. The lowest BCUT2D eigenvalue weighted by Crippen LogP contribution is -2.12. The van der Waals surface area contributed by atoms with E-state index in [9.17, 15) is 0 Å². The molecule has 1 atom stereocenters. The summed E-state index contributed by atoms with van der Waals surface area (Å²) >= 11 is 0. The van der Waals surface area contributed by atoms with E-state index in [0.29, 0.717) is 0 Å². The minimum Gasteiger partial charge on any atom is -0.356 e. The summed E-state index contributed by atoms with van der Waals surface area (Å²) in [7, 11) is 0. The van der Waals surface area contributed by atoms with E-state index in [2.05, 4.69) is 25.9 Å². The zero-order valence-corrected chi connectivity index (χ0v) is 10.2. The van der Waals surface area contributed by atoms with Crippen LogP contribution in [0.1, 0.15) is 45.0 Å². The van der Waals surface area contributed by atoms with Crippen molar-refractivity contribution < 1.29 is 4.52 Å². The fourth-order valence-electron chi connectivity index (χ4n) is 1.88. The number of fused-ring (bicyclic) bond motifs is 1. The maximum absolute atomic E-state index is 5.91. The van der Waals surface area contributed by atoms with E-state index in [1.54, 1.807) is 0 Å². The van der Waals surface area contributed by atoms with E-state index in [1.807, 2.05) is 25.1 Å². The predicted molar refractivity (Wildman–Crippen MR) is 65.3 cm³/mol. The summed E-state index contributed by atoms with van der Waals surface area (Å²) in [6, 6.07) is 6.00. The summed E-state index contributed by atoms with van der Waals surface area (Å²) in [4.78, 5) is 0. The molecule has 3 heteroatoms. The van der Waals surface area contributed by atoms with Crippen molar-refractivity contribution in [1.82, 2.24) is 5.16 Å². The maximum atomic E-state index is 5.91. The first kappa shape index (κ1) is 11.1. The molecule has 0 spiro atoms. The van der Waals surface area contributed by atoms with Crippen molar-refractivity contribution in [2.45, 2.75) is 39.2 Å². The third-order valence-corrected chi connectivity index (χ3v) is 2.73. The van der Waals surface area contributed by atoms with Gasteiger partial charge in [-0.1, -0.05) is 38.1 Å². The zero-order valence-electron chi connectivity index (χ0n) is 10.2. The first-order valence-electron chi connectivity index (χ1n) is 5.55. The molecule has 1 unspecified atom stereocenters. The molecular weight excluding hydrogens is 200 g/mol. The molecule has 0 aliphatic heterocycles.